The number of hydrogen-bond acceptors (Lipinski definition) is 3. The van der Waals surface area contributed by atoms with Gasteiger partial charge in [-0.05, 0) is 64.7 Å². The summed E-state index contributed by atoms with van der Waals surface area (Å²) in [5.41, 5.74) is 15.4. The van der Waals surface area contributed by atoms with E-state index in [1.807, 2.05) is 36.4 Å². The smallest absolute Gasteiger partial charge is 0.160 e. The van der Waals surface area contributed by atoms with Crippen molar-refractivity contribution in [3.63, 3.8) is 0 Å². The Balaban J connectivity index is 1.19. The second kappa shape index (κ2) is 12.2. The number of hydrogen-bond donors (Lipinski definition) is 0. The molecule has 1 aliphatic heterocycles. The molecule has 0 bridgehead atoms. The average molecular weight is 626 g/mol. The zero-order chi connectivity index (χ0) is 32.6. The molecule has 0 saturated heterocycles. The van der Waals surface area contributed by atoms with E-state index >= 15 is 0 Å². The van der Waals surface area contributed by atoms with Crippen LogP contribution in [0.3, 0.4) is 0 Å². The van der Waals surface area contributed by atoms with E-state index in [1.54, 1.807) is 0 Å². The minimum atomic E-state index is 0.703. The molecule has 9 rings (SSSR count). The maximum Gasteiger partial charge on any atom is 0.160 e. The van der Waals surface area contributed by atoms with Crippen LogP contribution in [0.15, 0.2) is 188 Å². The van der Waals surface area contributed by atoms with Gasteiger partial charge in [-0.2, -0.15) is 0 Å². The van der Waals surface area contributed by atoms with Crippen LogP contribution in [-0.4, -0.2) is 9.97 Å². The lowest BCUT2D eigenvalue weighted by atomic mass is 9.91. The fourth-order valence-electron chi connectivity index (χ4n) is 6.89. The highest BCUT2D eigenvalue weighted by Gasteiger charge is 2.26. The van der Waals surface area contributed by atoms with Crippen LogP contribution in [0, 0.1) is 0 Å². The minimum absolute atomic E-state index is 0.703. The predicted molar refractivity (Wildman–Crippen MR) is 203 cm³/mol. The predicted octanol–water partition coefficient (Wildman–Crippen LogP) is 12.3. The molecule has 0 radical (unpaired) electrons. The highest BCUT2D eigenvalue weighted by Crippen LogP contribution is 2.51. The molecule has 0 aliphatic carbocycles. The molecule has 1 aromatic heterocycles. The maximum absolute atomic E-state index is 5.09. The first-order valence-corrected chi connectivity index (χ1v) is 16.6. The second-order valence-corrected chi connectivity index (χ2v) is 12.2. The van der Waals surface area contributed by atoms with Gasteiger partial charge < -0.3 is 4.90 Å². The van der Waals surface area contributed by atoms with Crippen LogP contribution in [0.1, 0.15) is 0 Å². The van der Waals surface area contributed by atoms with Crippen molar-refractivity contribution in [1.82, 2.24) is 9.97 Å². The van der Waals surface area contributed by atoms with Crippen molar-refractivity contribution in [3.05, 3.63) is 188 Å². The molecule has 0 saturated carbocycles. The summed E-state index contributed by atoms with van der Waals surface area (Å²) in [5, 5.41) is 0. The molecule has 0 spiro atoms. The maximum atomic E-state index is 5.09. The Hall–Kier alpha value is -6.58. The summed E-state index contributed by atoms with van der Waals surface area (Å²) < 4.78 is 0. The first kappa shape index (κ1) is 28.6. The van der Waals surface area contributed by atoms with E-state index in [2.05, 4.69) is 157 Å². The summed E-state index contributed by atoms with van der Waals surface area (Å²) in [5.74, 6) is 0.703. The van der Waals surface area contributed by atoms with Crippen LogP contribution in [0.4, 0.5) is 17.1 Å². The molecule has 0 unspecified atom stereocenters. The van der Waals surface area contributed by atoms with Crippen LogP contribution >= 0.6 is 0 Å². The van der Waals surface area contributed by atoms with Crippen molar-refractivity contribution in [2.24, 2.45) is 0 Å². The number of rotatable bonds is 5. The Bertz CT molecular complexity index is 2380. The first-order valence-electron chi connectivity index (χ1n) is 16.6. The van der Waals surface area contributed by atoms with Gasteiger partial charge in [0, 0.05) is 33.5 Å². The van der Waals surface area contributed by atoms with Crippen molar-refractivity contribution < 1.29 is 0 Å². The molecule has 0 amide bonds. The SMILES string of the molecule is c1ccc(-c2cc(-c3ccccc3)nc(-c3cccc(-c4ccc5c(c4)-c4ccccc4N(c4ccccc4)c4ccccc4-5)c3)n2)cc1. The molecule has 49 heavy (non-hydrogen) atoms. The lowest BCUT2D eigenvalue weighted by Crippen LogP contribution is -2.10. The fraction of sp³-hybridized carbons (Fsp3) is 0. The highest BCUT2D eigenvalue weighted by atomic mass is 15.1. The van der Waals surface area contributed by atoms with Crippen LogP contribution in [0.2, 0.25) is 0 Å². The summed E-state index contributed by atoms with van der Waals surface area (Å²) in [7, 11) is 0. The van der Waals surface area contributed by atoms with Gasteiger partial charge in [0.15, 0.2) is 5.82 Å². The number of aromatic nitrogens is 2. The molecule has 230 valence electrons. The summed E-state index contributed by atoms with van der Waals surface area (Å²) in [4.78, 5) is 12.6. The standard InChI is InChI=1S/C46H31N3/c1-4-15-32(16-5-1)42-31-43(33-17-6-2-7-18-33)48-46(47-42)36-20-14-19-34(29-36)35-27-28-38-39-23-10-12-25-44(39)49(37-21-8-3-9-22-37)45-26-13-11-24-40(45)41(38)30-35/h1-31H. The Labute approximate surface area is 286 Å². The van der Waals surface area contributed by atoms with Crippen molar-refractivity contribution in [2.45, 2.75) is 0 Å². The summed E-state index contributed by atoms with van der Waals surface area (Å²) >= 11 is 0. The van der Waals surface area contributed by atoms with Crippen LogP contribution in [-0.2, 0) is 0 Å². The van der Waals surface area contributed by atoms with Crippen molar-refractivity contribution in [3.8, 4) is 67.3 Å². The quantitative estimate of drug-likeness (QED) is 0.191. The number of anilines is 3. The summed E-state index contributed by atoms with van der Waals surface area (Å²) in [6.07, 6.45) is 0. The van der Waals surface area contributed by atoms with Crippen LogP contribution < -0.4 is 4.90 Å². The van der Waals surface area contributed by atoms with Gasteiger partial charge in [-0.1, -0.05) is 146 Å². The normalized spacial score (nSPS) is 11.6. The largest absolute Gasteiger partial charge is 0.309 e. The molecule has 8 aromatic rings. The minimum Gasteiger partial charge on any atom is -0.309 e. The second-order valence-electron chi connectivity index (χ2n) is 12.2. The van der Waals surface area contributed by atoms with Crippen molar-refractivity contribution in [1.29, 1.82) is 0 Å². The van der Waals surface area contributed by atoms with Crippen LogP contribution in [0.5, 0.6) is 0 Å². The first-order chi connectivity index (χ1) is 24.3. The zero-order valence-electron chi connectivity index (χ0n) is 26.7. The Morgan fingerprint density at radius 1 is 0.306 bits per heavy atom. The van der Waals surface area contributed by atoms with Gasteiger partial charge in [-0.15, -0.1) is 0 Å². The number of para-hydroxylation sites is 3. The van der Waals surface area contributed by atoms with Crippen molar-refractivity contribution in [2.75, 3.05) is 4.90 Å². The van der Waals surface area contributed by atoms with E-state index in [4.69, 9.17) is 9.97 Å². The molecule has 3 nitrogen and oxygen atoms in total. The third-order valence-corrected chi connectivity index (χ3v) is 9.22. The van der Waals surface area contributed by atoms with Crippen molar-refractivity contribution >= 4 is 17.1 Å². The lowest BCUT2D eigenvalue weighted by molar-refractivity contribution is 1.18. The Kier molecular flexibility index (Phi) is 7.14. The number of nitrogens with zero attached hydrogens (tertiary/aromatic N) is 3. The number of benzene rings is 7. The van der Waals surface area contributed by atoms with Gasteiger partial charge in [-0.25, -0.2) is 9.97 Å². The van der Waals surface area contributed by atoms with Gasteiger partial charge in [0.25, 0.3) is 0 Å². The fourth-order valence-corrected chi connectivity index (χ4v) is 6.89. The summed E-state index contributed by atoms with van der Waals surface area (Å²) in [6.45, 7) is 0. The van der Waals surface area contributed by atoms with Gasteiger partial charge in [0.1, 0.15) is 0 Å². The van der Waals surface area contributed by atoms with E-state index in [-0.39, 0.29) is 0 Å². The summed E-state index contributed by atoms with van der Waals surface area (Å²) in [6, 6.07) is 66.3. The van der Waals surface area contributed by atoms with E-state index in [9.17, 15) is 0 Å². The van der Waals surface area contributed by atoms with E-state index in [0.29, 0.717) is 5.82 Å². The van der Waals surface area contributed by atoms with Gasteiger partial charge >= 0.3 is 0 Å². The monoisotopic (exact) mass is 625 g/mol. The molecule has 0 fully saturated rings. The molecule has 0 atom stereocenters. The molecule has 3 heteroatoms. The van der Waals surface area contributed by atoms with E-state index < -0.39 is 0 Å². The molecule has 2 heterocycles. The molecule has 0 N–H and O–H groups in total. The van der Waals surface area contributed by atoms with E-state index in [1.165, 1.54) is 27.9 Å². The van der Waals surface area contributed by atoms with Gasteiger partial charge in [0.2, 0.25) is 0 Å². The molecule has 1 aliphatic rings. The molecule has 7 aromatic carbocycles. The highest BCUT2D eigenvalue weighted by molar-refractivity contribution is 6.03. The third kappa shape index (κ3) is 5.28. The van der Waals surface area contributed by atoms with Crippen LogP contribution in [0.25, 0.3) is 67.3 Å². The molecular formula is C46H31N3. The average Bonchev–Trinajstić information content (AvgIpc) is 3.31. The van der Waals surface area contributed by atoms with E-state index in [0.717, 1.165) is 50.6 Å². The van der Waals surface area contributed by atoms with Gasteiger partial charge in [-0.3, -0.25) is 0 Å². The van der Waals surface area contributed by atoms with Gasteiger partial charge in [0.05, 0.1) is 22.8 Å². The number of fused-ring (bicyclic) bond motifs is 5. The topological polar surface area (TPSA) is 29.0 Å². The Morgan fingerprint density at radius 2 is 0.796 bits per heavy atom. The lowest BCUT2D eigenvalue weighted by Gasteiger charge is -2.27. The third-order valence-electron chi connectivity index (χ3n) is 9.22. The Morgan fingerprint density at radius 3 is 1.43 bits per heavy atom. The molecular weight excluding hydrogens is 595 g/mol. The zero-order valence-corrected chi connectivity index (χ0v) is 26.7.